The van der Waals surface area contributed by atoms with Gasteiger partial charge in [0.25, 0.3) is 0 Å². The number of nitrogens with one attached hydrogen (secondary N) is 1. The molecule has 1 aliphatic rings. The molecule has 1 aromatic heterocycles. The lowest BCUT2D eigenvalue weighted by molar-refractivity contribution is 0.170. The molecule has 1 N–H and O–H groups in total. The summed E-state index contributed by atoms with van der Waals surface area (Å²) >= 11 is 0. The van der Waals surface area contributed by atoms with Gasteiger partial charge in [-0.2, -0.15) is 0 Å². The second kappa shape index (κ2) is 8.21. The minimum absolute atomic E-state index is 0.0442. The smallest absolute Gasteiger partial charge is 0.317 e. The minimum atomic E-state index is 0.0442. The van der Waals surface area contributed by atoms with Crippen molar-refractivity contribution in [3.8, 4) is 0 Å². The molecule has 0 atom stereocenters. The van der Waals surface area contributed by atoms with Gasteiger partial charge in [0.1, 0.15) is 0 Å². The number of piperidine rings is 1. The molecule has 1 saturated heterocycles. The van der Waals surface area contributed by atoms with Crippen LogP contribution in [0.25, 0.3) is 10.8 Å². The topological polar surface area (TPSA) is 45.2 Å². The number of nitrogens with zero attached hydrogens (tertiary/aromatic N) is 2. The SMILES string of the molecule is O=C(NCc1cccc2ccccc12)N1CCC(Cc2cccnc2)CC1. The van der Waals surface area contributed by atoms with Gasteiger partial charge in [0.15, 0.2) is 0 Å². The third-order valence-electron chi connectivity index (χ3n) is 5.46. The maximum atomic E-state index is 12.6. The number of rotatable bonds is 4. The van der Waals surface area contributed by atoms with Gasteiger partial charge < -0.3 is 10.2 Å². The number of pyridine rings is 1. The van der Waals surface area contributed by atoms with Crippen LogP contribution in [0.3, 0.4) is 0 Å². The van der Waals surface area contributed by atoms with Crippen LogP contribution in [0.1, 0.15) is 24.0 Å². The molecule has 0 bridgehead atoms. The van der Waals surface area contributed by atoms with E-state index in [9.17, 15) is 4.79 Å². The molecule has 2 aromatic carbocycles. The van der Waals surface area contributed by atoms with Crippen LogP contribution in [0.15, 0.2) is 67.0 Å². The molecule has 1 fully saturated rings. The van der Waals surface area contributed by atoms with Crippen LogP contribution >= 0.6 is 0 Å². The highest BCUT2D eigenvalue weighted by Gasteiger charge is 2.22. The number of hydrogen-bond donors (Lipinski definition) is 1. The average molecular weight is 359 g/mol. The summed E-state index contributed by atoms with van der Waals surface area (Å²) in [5.41, 5.74) is 2.45. The van der Waals surface area contributed by atoms with Crippen LogP contribution in [0.5, 0.6) is 0 Å². The van der Waals surface area contributed by atoms with Crippen LogP contribution < -0.4 is 5.32 Å². The van der Waals surface area contributed by atoms with Crippen LogP contribution in [0.2, 0.25) is 0 Å². The Labute approximate surface area is 160 Å². The number of urea groups is 1. The first kappa shape index (κ1) is 17.5. The van der Waals surface area contributed by atoms with Gasteiger partial charge in [-0.1, -0.05) is 48.5 Å². The lowest BCUT2D eigenvalue weighted by Crippen LogP contribution is -2.44. The Morgan fingerprint density at radius 1 is 1.04 bits per heavy atom. The highest BCUT2D eigenvalue weighted by atomic mass is 16.2. The highest BCUT2D eigenvalue weighted by Crippen LogP contribution is 2.22. The van der Waals surface area contributed by atoms with Gasteiger partial charge in [-0.3, -0.25) is 4.98 Å². The number of likely N-dealkylation sites (tertiary alicyclic amines) is 1. The number of carbonyl (C=O) groups is 1. The van der Waals surface area contributed by atoms with Gasteiger partial charge in [-0.25, -0.2) is 4.79 Å². The first-order chi connectivity index (χ1) is 13.3. The summed E-state index contributed by atoms with van der Waals surface area (Å²) in [4.78, 5) is 18.7. The van der Waals surface area contributed by atoms with Crippen LogP contribution in [-0.2, 0) is 13.0 Å². The van der Waals surface area contributed by atoms with E-state index in [4.69, 9.17) is 0 Å². The van der Waals surface area contributed by atoms with Crippen LogP contribution in [0.4, 0.5) is 4.79 Å². The van der Waals surface area contributed by atoms with Gasteiger partial charge in [-0.05, 0) is 53.1 Å². The molecule has 2 heterocycles. The van der Waals surface area contributed by atoms with Crippen molar-refractivity contribution in [3.05, 3.63) is 78.1 Å². The average Bonchev–Trinajstić information content (AvgIpc) is 2.73. The summed E-state index contributed by atoms with van der Waals surface area (Å²) in [5, 5.41) is 5.52. The molecular weight excluding hydrogens is 334 g/mol. The zero-order chi connectivity index (χ0) is 18.5. The van der Waals surface area contributed by atoms with Gasteiger partial charge >= 0.3 is 6.03 Å². The summed E-state index contributed by atoms with van der Waals surface area (Å²) in [6, 6.07) is 18.7. The molecular formula is C23H25N3O. The van der Waals surface area contributed by atoms with E-state index in [1.807, 2.05) is 41.6 Å². The largest absolute Gasteiger partial charge is 0.334 e. The molecule has 0 radical (unpaired) electrons. The summed E-state index contributed by atoms with van der Waals surface area (Å²) in [7, 11) is 0. The predicted octanol–water partition coefficient (Wildman–Crippen LogP) is 4.40. The summed E-state index contributed by atoms with van der Waals surface area (Å²) in [6.45, 7) is 2.22. The first-order valence-corrected chi connectivity index (χ1v) is 9.68. The lowest BCUT2D eigenvalue weighted by Gasteiger charge is -2.32. The Hall–Kier alpha value is -2.88. The van der Waals surface area contributed by atoms with E-state index in [1.54, 1.807) is 0 Å². The molecule has 27 heavy (non-hydrogen) atoms. The Bertz CT molecular complexity index is 896. The molecule has 0 spiro atoms. The van der Waals surface area contributed by atoms with E-state index < -0.39 is 0 Å². The van der Waals surface area contributed by atoms with Gasteiger partial charge in [0.05, 0.1) is 0 Å². The van der Waals surface area contributed by atoms with E-state index in [-0.39, 0.29) is 6.03 Å². The third-order valence-corrected chi connectivity index (χ3v) is 5.46. The molecule has 0 aliphatic carbocycles. The summed E-state index contributed by atoms with van der Waals surface area (Å²) in [5.74, 6) is 0.635. The fourth-order valence-electron chi connectivity index (χ4n) is 3.92. The van der Waals surface area contributed by atoms with Gasteiger partial charge in [0, 0.05) is 32.0 Å². The lowest BCUT2D eigenvalue weighted by atomic mass is 9.91. The van der Waals surface area contributed by atoms with Gasteiger partial charge in [-0.15, -0.1) is 0 Å². The van der Waals surface area contributed by atoms with Crippen molar-refractivity contribution < 1.29 is 4.79 Å². The zero-order valence-electron chi connectivity index (χ0n) is 15.5. The van der Waals surface area contributed by atoms with E-state index in [0.717, 1.165) is 37.9 Å². The van der Waals surface area contributed by atoms with E-state index in [1.165, 1.54) is 16.3 Å². The fourth-order valence-corrected chi connectivity index (χ4v) is 3.92. The van der Waals surface area contributed by atoms with E-state index in [0.29, 0.717) is 12.5 Å². The molecule has 138 valence electrons. The molecule has 3 aromatic rings. The number of benzene rings is 2. The van der Waals surface area contributed by atoms with Gasteiger partial charge in [0.2, 0.25) is 0 Å². The van der Waals surface area contributed by atoms with Crippen molar-refractivity contribution in [2.45, 2.75) is 25.8 Å². The Morgan fingerprint density at radius 3 is 2.67 bits per heavy atom. The van der Waals surface area contributed by atoms with E-state index in [2.05, 4.69) is 40.6 Å². The zero-order valence-corrected chi connectivity index (χ0v) is 15.5. The van der Waals surface area contributed by atoms with Crippen molar-refractivity contribution in [1.29, 1.82) is 0 Å². The third kappa shape index (κ3) is 4.27. The molecule has 4 nitrogen and oxygen atoms in total. The molecule has 4 rings (SSSR count). The number of aromatic nitrogens is 1. The van der Waals surface area contributed by atoms with Crippen molar-refractivity contribution in [3.63, 3.8) is 0 Å². The Kier molecular flexibility index (Phi) is 5.33. The fraction of sp³-hybridized carbons (Fsp3) is 0.304. The molecule has 1 aliphatic heterocycles. The molecule has 2 amide bonds. The van der Waals surface area contributed by atoms with Crippen LogP contribution in [-0.4, -0.2) is 29.0 Å². The number of hydrogen-bond acceptors (Lipinski definition) is 2. The summed E-state index contributed by atoms with van der Waals surface area (Å²) < 4.78 is 0. The first-order valence-electron chi connectivity index (χ1n) is 9.68. The number of fused-ring (bicyclic) bond motifs is 1. The maximum Gasteiger partial charge on any atom is 0.317 e. The number of carbonyl (C=O) groups excluding carboxylic acids is 1. The van der Waals surface area contributed by atoms with Crippen molar-refractivity contribution in [1.82, 2.24) is 15.2 Å². The second-order valence-corrected chi connectivity index (χ2v) is 7.29. The quantitative estimate of drug-likeness (QED) is 0.750. The molecule has 0 saturated carbocycles. The second-order valence-electron chi connectivity index (χ2n) is 7.29. The van der Waals surface area contributed by atoms with Crippen molar-refractivity contribution >= 4 is 16.8 Å². The normalized spacial score (nSPS) is 15.0. The van der Waals surface area contributed by atoms with Crippen LogP contribution in [0, 0.1) is 5.92 Å². The molecule has 4 heteroatoms. The predicted molar refractivity (Wildman–Crippen MR) is 108 cm³/mol. The molecule has 0 unspecified atom stereocenters. The monoisotopic (exact) mass is 359 g/mol. The summed E-state index contributed by atoms with van der Waals surface area (Å²) in [6.07, 6.45) is 6.92. The Morgan fingerprint density at radius 2 is 1.85 bits per heavy atom. The van der Waals surface area contributed by atoms with E-state index >= 15 is 0 Å². The van der Waals surface area contributed by atoms with Crippen molar-refractivity contribution in [2.75, 3.05) is 13.1 Å². The van der Waals surface area contributed by atoms with Crippen molar-refractivity contribution in [2.24, 2.45) is 5.92 Å². The minimum Gasteiger partial charge on any atom is -0.334 e. The maximum absolute atomic E-state index is 12.6. The highest BCUT2D eigenvalue weighted by molar-refractivity contribution is 5.86. The Balaban J connectivity index is 1.29. The number of amides is 2. The standard InChI is InChI=1S/C23H25N3O/c27-23(25-17-21-8-3-7-20-6-1-2-9-22(20)21)26-13-10-18(11-14-26)15-19-5-4-12-24-16-19/h1-9,12,16,18H,10-11,13-15,17H2,(H,25,27).